The zero-order valence-corrected chi connectivity index (χ0v) is 14.4. The molecule has 0 bridgehead atoms. The normalized spacial score (nSPS) is 21.8. The highest BCUT2D eigenvalue weighted by molar-refractivity contribution is 6.24. The maximum atomic E-state index is 13.4. The molecule has 0 saturated heterocycles. The van der Waals surface area contributed by atoms with Gasteiger partial charge in [-0.05, 0) is 44.7 Å². The molecule has 1 atom stereocenters. The number of hydrogen-bond acceptors (Lipinski definition) is 5. The number of fused-ring (bicyclic) bond motifs is 2. The highest BCUT2D eigenvalue weighted by Crippen LogP contribution is 2.51. The number of imide groups is 1. The lowest BCUT2D eigenvalue weighted by atomic mass is 9.68. The minimum Gasteiger partial charge on any atom is -0.463 e. The van der Waals surface area contributed by atoms with Crippen molar-refractivity contribution in [3.8, 4) is 0 Å². The van der Waals surface area contributed by atoms with Crippen LogP contribution in [-0.2, 0) is 24.5 Å². The van der Waals surface area contributed by atoms with Crippen LogP contribution in [0, 0.1) is 0 Å². The maximum absolute atomic E-state index is 13.4. The number of allylic oxidation sites excluding steroid dienone is 1. The smallest absolute Gasteiger partial charge is 0.421 e. The number of nitrogens with zero attached hydrogens (tertiary/aromatic N) is 1. The van der Waals surface area contributed by atoms with E-state index >= 15 is 0 Å². The second kappa shape index (κ2) is 6.70. The van der Waals surface area contributed by atoms with Crippen LogP contribution in [0.3, 0.4) is 0 Å². The van der Waals surface area contributed by atoms with Crippen LogP contribution < -0.4 is 4.90 Å². The summed E-state index contributed by atoms with van der Waals surface area (Å²) in [5.74, 6) is -0.942. The number of benzene rings is 1. The van der Waals surface area contributed by atoms with E-state index in [1.54, 1.807) is 44.2 Å². The third-order valence-electron chi connectivity index (χ3n) is 4.68. The Morgan fingerprint density at radius 3 is 2.60 bits per heavy atom. The van der Waals surface area contributed by atoms with Crippen LogP contribution in [0.1, 0.15) is 38.7 Å². The van der Waals surface area contributed by atoms with Crippen LogP contribution in [0.4, 0.5) is 10.5 Å². The highest BCUT2D eigenvalue weighted by atomic mass is 16.6. The summed E-state index contributed by atoms with van der Waals surface area (Å²) in [5.41, 5.74) is 0.286. The average Bonchev–Trinajstić information content (AvgIpc) is 2.85. The number of amides is 2. The van der Waals surface area contributed by atoms with Gasteiger partial charge in [-0.2, -0.15) is 0 Å². The number of carbonyl (C=O) groups is 3. The SMILES string of the molecule is CCOC(=O)C1=CCCC[C@]12C(=O)N(C(=O)OCC)c1ccccc12. The zero-order valence-electron chi connectivity index (χ0n) is 14.4. The highest BCUT2D eigenvalue weighted by Gasteiger charge is 2.57. The van der Waals surface area contributed by atoms with Crippen molar-refractivity contribution in [2.45, 2.75) is 38.5 Å². The summed E-state index contributed by atoms with van der Waals surface area (Å²) in [4.78, 5) is 39.3. The number of anilines is 1. The number of para-hydroxylation sites is 1. The van der Waals surface area contributed by atoms with E-state index in [0.29, 0.717) is 29.7 Å². The van der Waals surface area contributed by atoms with Gasteiger partial charge >= 0.3 is 12.1 Å². The molecule has 1 heterocycles. The molecule has 0 N–H and O–H groups in total. The summed E-state index contributed by atoms with van der Waals surface area (Å²) in [6, 6.07) is 7.06. The number of ether oxygens (including phenoxy) is 2. The Morgan fingerprint density at radius 2 is 1.88 bits per heavy atom. The molecule has 6 heteroatoms. The molecule has 1 aromatic rings. The van der Waals surface area contributed by atoms with E-state index in [2.05, 4.69) is 0 Å². The van der Waals surface area contributed by atoms with Crippen molar-refractivity contribution >= 4 is 23.7 Å². The number of esters is 1. The van der Waals surface area contributed by atoms with Crippen molar-refractivity contribution in [1.29, 1.82) is 0 Å². The van der Waals surface area contributed by atoms with Gasteiger partial charge in [0.2, 0.25) is 0 Å². The van der Waals surface area contributed by atoms with Crippen LogP contribution in [0.2, 0.25) is 0 Å². The van der Waals surface area contributed by atoms with Gasteiger partial charge in [0, 0.05) is 0 Å². The summed E-state index contributed by atoms with van der Waals surface area (Å²) in [6.07, 6.45) is 2.96. The second-order valence-corrected chi connectivity index (χ2v) is 5.99. The summed E-state index contributed by atoms with van der Waals surface area (Å²) < 4.78 is 10.2. The van der Waals surface area contributed by atoms with Gasteiger partial charge in [-0.1, -0.05) is 24.3 Å². The van der Waals surface area contributed by atoms with Gasteiger partial charge in [0.15, 0.2) is 0 Å². The van der Waals surface area contributed by atoms with Crippen LogP contribution in [0.25, 0.3) is 0 Å². The zero-order chi connectivity index (χ0) is 18.0. The van der Waals surface area contributed by atoms with E-state index in [1.807, 2.05) is 0 Å². The fourth-order valence-electron chi connectivity index (χ4n) is 3.71. The third kappa shape index (κ3) is 2.52. The second-order valence-electron chi connectivity index (χ2n) is 5.99. The van der Waals surface area contributed by atoms with Crippen LogP contribution in [0.5, 0.6) is 0 Å². The molecule has 1 aliphatic heterocycles. The van der Waals surface area contributed by atoms with Gasteiger partial charge in [0.1, 0.15) is 5.41 Å². The first-order chi connectivity index (χ1) is 12.1. The molecule has 0 saturated carbocycles. The number of carbonyl (C=O) groups excluding carboxylic acids is 3. The monoisotopic (exact) mass is 343 g/mol. The van der Waals surface area contributed by atoms with Gasteiger partial charge in [-0.3, -0.25) is 4.79 Å². The predicted octanol–water partition coefficient (Wildman–Crippen LogP) is 3.10. The topological polar surface area (TPSA) is 72.9 Å². The quantitative estimate of drug-likeness (QED) is 0.789. The van der Waals surface area contributed by atoms with Gasteiger partial charge in [-0.15, -0.1) is 0 Å². The molecule has 1 spiro atoms. The Hall–Kier alpha value is -2.63. The van der Waals surface area contributed by atoms with E-state index in [4.69, 9.17) is 9.47 Å². The van der Waals surface area contributed by atoms with Crippen molar-refractivity contribution in [3.63, 3.8) is 0 Å². The van der Waals surface area contributed by atoms with E-state index < -0.39 is 23.4 Å². The van der Waals surface area contributed by atoms with Crippen molar-refractivity contribution < 1.29 is 23.9 Å². The predicted molar refractivity (Wildman–Crippen MR) is 91.2 cm³/mol. The molecule has 0 fully saturated rings. The Kier molecular flexibility index (Phi) is 4.61. The summed E-state index contributed by atoms with van der Waals surface area (Å²) in [7, 11) is 0. The molecular weight excluding hydrogens is 322 g/mol. The average molecular weight is 343 g/mol. The minimum atomic E-state index is -1.17. The largest absolute Gasteiger partial charge is 0.463 e. The first kappa shape index (κ1) is 17.2. The van der Waals surface area contributed by atoms with Gasteiger partial charge in [0.05, 0.1) is 24.5 Å². The first-order valence-electron chi connectivity index (χ1n) is 8.56. The fourth-order valence-corrected chi connectivity index (χ4v) is 3.71. The molecule has 0 aromatic heterocycles. The number of rotatable bonds is 3. The molecular formula is C19H21NO5. The van der Waals surface area contributed by atoms with Crippen molar-refractivity contribution in [2.75, 3.05) is 18.1 Å². The Bertz CT molecular complexity index is 754. The van der Waals surface area contributed by atoms with E-state index in [0.717, 1.165) is 11.3 Å². The summed E-state index contributed by atoms with van der Waals surface area (Å²) in [6.45, 7) is 3.80. The molecule has 1 aromatic carbocycles. The van der Waals surface area contributed by atoms with E-state index in [-0.39, 0.29) is 13.2 Å². The lowest BCUT2D eigenvalue weighted by Gasteiger charge is -2.32. The van der Waals surface area contributed by atoms with Gasteiger partial charge < -0.3 is 9.47 Å². The fraction of sp³-hybridized carbons (Fsp3) is 0.421. The Morgan fingerprint density at radius 1 is 1.16 bits per heavy atom. The summed E-state index contributed by atoms with van der Waals surface area (Å²) in [5, 5.41) is 0. The Balaban J connectivity index is 2.16. The van der Waals surface area contributed by atoms with Crippen molar-refractivity contribution in [3.05, 3.63) is 41.5 Å². The van der Waals surface area contributed by atoms with Crippen molar-refractivity contribution in [1.82, 2.24) is 0 Å². The van der Waals surface area contributed by atoms with Crippen LogP contribution in [-0.4, -0.2) is 31.2 Å². The van der Waals surface area contributed by atoms with Crippen LogP contribution >= 0.6 is 0 Å². The molecule has 0 unspecified atom stereocenters. The maximum Gasteiger partial charge on any atom is 0.421 e. The van der Waals surface area contributed by atoms with Crippen molar-refractivity contribution in [2.24, 2.45) is 0 Å². The van der Waals surface area contributed by atoms with Crippen LogP contribution in [0.15, 0.2) is 35.9 Å². The van der Waals surface area contributed by atoms with Gasteiger partial charge in [-0.25, -0.2) is 14.5 Å². The number of hydrogen-bond donors (Lipinski definition) is 0. The molecule has 3 rings (SSSR count). The lowest BCUT2D eigenvalue weighted by molar-refractivity contribution is -0.141. The third-order valence-corrected chi connectivity index (χ3v) is 4.68. The van der Waals surface area contributed by atoms with Gasteiger partial charge in [0.25, 0.3) is 5.91 Å². The first-order valence-corrected chi connectivity index (χ1v) is 8.56. The summed E-state index contributed by atoms with van der Waals surface area (Å²) >= 11 is 0. The molecule has 2 aliphatic rings. The molecule has 25 heavy (non-hydrogen) atoms. The Labute approximate surface area is 146 Å². The molecule has 2 amide bonds. The van der Waals surface area contributed by atoms with E-state index in [9.17, 15) is 14.4 Å². The minimum absolute atomic E-state index is 0.165. The van der Waals surface area contributed by atoms with E-state index in [1.165, 1.54) is 0 Å². The standard InChI is InChI=1S/C19H21NO5/c1-3-24-16(21)14-10-7-8-12-19(14)13-9-5-6-11-15(13)20(17(19)22)18(23)25-4-2/h5-6,9-11H,3-4,7-8,12H2,1-2H3/t19-/m1/s1. The molecule has 0 radical (unpaired) electrons. The molecule has 1 aliphatic carbocycles. The molecule has 132 valence electrons. The lowest BCUT2D eigenvalue weighted by Crippen LogP contribution is -2.47. The molecule has 6 nitrogen and oxygen atoms in total.